The highest BCUT2D eigenvalue weighted by atomic mass is 35.5. The first-order chi connectivity index (χ1) is 16.9. The number of anilines is 2. The molecule has 0 atom stereocenters. The van der Waals surface area contributed by atoms with Gasteiger partial charge in [-0.1, -0.05) is 17.7 Å². The molecule has 0 saturated carbocycles. The minimum absolute atomic E-state index is 0.0386. The maximum absolute atomic E-state index is 12.4. The molecule has 0 aliphatic carbocycles. The third kappa shape index (κ3) is 5.50. The van der Waals surface area contributed by atoms with E-state index in [4.69, 9.17) is 16.0 Å². The number of rotatable bonds is 8. The fourth-order valence-electron chi connectivity index (χ4n) is 3.66. The fourth-order valence-corrected chi connectivity index (χ4v) is 3.85. The van der Waals surface area contributed by atoms with Crippen molar-refractivity contribution < 1.29 is 14.1 Å². The number of nitro groups is 1. The molecular formula is C26H23ClN4O4. The van der Waals surface area contributed by atoms with E-state index in [0.29, 0.717) is 28.2 Å². The Morgan fingerprint density at radius 3 is 2.54 bits per heavy atom. The van der Waals surface area contributed by atoms with E-state index in [9.17, 15) is 14.9 Å². The number of fused-ring (bicyclic) bond motifs is 1. The summed E-state index contributed by atoms with van der Waals surface area (Å²) in [5.41, 5.74) is 4.04. The van der Waals surface area contributed by atoms with E-state index >= 15 is 0 Å². The zero-order chi connectivity index (χ0) is 24.9. The lowest BCUT2D eigenvalue weighted by atomic mass is 10.2. The van der Waals surface area contributed by atoms with Crippen molar-refractivity contribution in [3.63, 3.8) is 0 Å². The molecule has 0 saturated heterocycles. The van der Waals surface area contributed by atoms with Gasteiger partial charge in [-0.3, -0.25) is 14.9 Å². The van der Waals surface area contributed by atoms with Crippen molar-refractivity contribution in [1.82, 2.24) is 4.98 Å². The third-order valence-electron chi connectivity index (χ3n) is 5.49. The summed E-state index contributed by atoms with van der Waals surface area (Å²) in [7, 11) is 0. The lowest BCUT2D eigenvalue weighted by Gasteiger charge is -2.20. The predicted molar refractivity (Wildman–Crippen MR) is 139 cm³/mol. The van der Waals surface area contributed by atoms with Crippen LogP contribution in [0.15, 0.2) is 71.2 Å². The molecule has 178 valence electrons. The van der Waals surface area contributed by atoms with Gasteiger partial charge in [-0.05, 0) is 74.0 Å². The van der Waals surface area contributed by atoms with Gasteiger partial charge in [0.05, 0.1) is 4.92 Å². The summed E-state index contributed by atoms with van der Waals surface area (Å²) >= 11 is 5.82. The summed E-state index contributed by atoms with van der Waals surface area (Å²) in [5, 5.41) is 13.8. The zero-order valence-corrected chi connectivity index (χ0v) is 20.0. The molecule has 0 aliphatic heterocycles. The monoisotopic (exact) mass is 490 g/mol. The van der Waals surface area contributed by atoms with Gasteiger partial charge in [0.2, 0.25) is 11.8 Å². The van der Waals surface area contributed by atoms with E-state index in [0.717, 1.165) is 24.3 Å². The van der Waals surface area contributed by atoms with Crippen LogP contribution in [0.3, 0.4) is 0 Å². The maximum Gasteiger partial charge on any atom is 0.288 e. The van der Waals surface area contributed by atoms with Crippen molar-refractivity contribution in [1.29, 1.82) is 0 Å². The lowest BCUT2D eigenvalue weighted by molar-refractivity contribution is -0.384. The zero-order valence-electron chi connectivity index (χ0n) is 19.2. The highest BCUT2D eigenvalue weighted by Gasteiger charge is 2.13. The molecule has 3 aromatic carbocycles. The van der Waals surface area contributed by atoms with E-state index in [2.05, 4.69) is 29.0 Å². The second kappa shape index (κ2) is 10.4. The molecule has 1 N–H and O–H groups in total. The Hall–Kier alpha value is -4.17. The average molecular weight is 491 g/mol. The Balaban J connectivity index is 1.47. The highest BCUT2D eigenvalue weighted by molar-refractivity contribution is 6.32. The van der Waals surface area contributed by atoms with Crippen LogP contribution in [-0.2, 0) is 4.79 Å². The number of halogens is 1. The van der Waals surface area contributed by atoms with Gasteiger partial charge in [0.15, 0.2) is 5.58 Å². The molecule has 0 spiro atoms. The molecule has 4 rings (SSSR count). The third-order valence-corrected chi connectivity index (χ3v) is 5.81. The van der Waals surface area contributed by atoms with Crippen LogP contribution >= 0.6 is 11.6 Å². The molecule has 0 unspecified atom stereocenters. The number of amides is 1. The number of carbonyl (C=O) groups is 1. The van der Waals surface area contributed by atoms with Crippen LogP contribution in [0.2, 0.25) is 5.02 Å². The Morgan fingerprint density at radius 2 is 1.86 bits per heavy atom. The largest absolute Gasteiger partial charge is 0.436 e. The summed E-state index contributed by atoms with van der Waals surface area (Å²) in [6, 6.07) is 17.6. The molecule has 35 heavy (non-hydrogen) atoms. The summed E-state index contributed by atoms with van der Waals surface area (Å²) in [5.74, 6) is 0.108. The number of carbonyl (C=O) groups excluding carboxylic acids is 1. The van der Waals surface area contributed by atoms with Crippen molar-refractivity contribution in [2.24, 2.45) is 0 Å². The van der Waals surface area contributed by atoms with Gasteiger partial charge in [0, 0.05) is 42.2 Å². The van der Waals surface area contributed by atoms with Crippen LogP contribution in [0, 0.1) is 10.1 Å². The van der Waals surface area contributed by atoms with E-state index < -0.39 is 10.8 Å². The quantitative estimate of drug-likeness (QED) is 0.170. The van der Waals surface area contributed by atoms with Crippen LogP contribution in [-0.4, -0.2) is 28.9 Å². The van der Waals surface area contributed by atoms with Gasteiger partial charge in [0.1, 0.15) is 10.5 Å². The van der Waals surface area contributed by atoms with Gasteiger partial charge < -0.3 is 14.6 Å². The van der Waals surface area contributed by atoms with Crippen molar-refractivity contribution >= 4 is 51.7 Å². The van der Waals surface area contributed by atoms with E-state index in [1.165, 1.54) is 24.3 Å². The molecule has 9 heteroatoms. The molecule has 4 aromatic rings. The molecule has 8 nitrogen and oxygen atoms in total. The van der Waals surface area contributed by atoms with Gasteiger partial charge in [-0.2, -0.15) is 0 Å². The van der Waals surface area contributed by atoms with Crippen LogP contribution in [0.5, 0.6) is 0 Å². The Labute approximate surface area is 207 Å². The van der Waals surface area contributed by atoms with Crippen molar-refractivity contribution in [2.45, 2.75) is 13.8 Å². The van der Waals surface area contributed by atoms with E-state index in [1.807, 2.05) is 24.3 Å². The predicted octanol–water partition coefficient (Wildman–Crippen LogP) is 6.55. The number of hydrogen-bond acceptors (Lipinski definition) is 6. The maximum atomic E-state index is 12.4. The number of nitrogens with one attached hydrogen (secondary N) is 1. The average Bonchev–Trinajstić information content (AvgIpc) is 3.28. The Kier molecular flexibility index (Phi) is 7.12. The number of aromatic nitrogens is 1. The summed E-state index contributed by atoms with van der Waals surface area (Å²) in [6.07, 6.45) is 2.77. The van der Waals surface area contributed by atoms with Crippen LogP contribution in [0.4, 0.5) is 17.1 Å². The van der Waals surface area contributed by atoms with Crippen molar-refractivity contribution in [3.05, 3.63) is 87.4 Å². The van der Waals surface area contributed by atoms with Crippen molar-refractivity contribution in [2.75, 3.05) is 23.3 Å². The lowest BCUT2D eigenvalue weighted by Crippen LogP contribution is -2.21. The molecule has 0 bridgehead atoms. The summed E-state index contributed by atoms with van der Waals surface area (Å²) < 4.78 is 5.90. The minimum Gasteiger partial charge on any atom is -0.436 e. The SMILES string of the molecule is CCN(CC)c1ccc(-c2nc3cc(NC(=O)/C=C/c4ccc(Cl)c([N+](=O)[O-])c4)ccc3o2)cc1. The smallest absolute Gasteiger partial charge is 0.288 e. The van der Waals surface area contributed by atoms with Gasteiger partial charge in [0.25, 0.3) is 5.69 Å². The number of nitrogens with zero attached hydrogens (tertiary/aromatic N) is 3. The molecule has 1 aromatic heterocycles. The number of nitro benzene ring substituents is 1. The van der Waals surface area contributed by atoms with E-state index in [1.54, 1.807) is 24.3 Å². The molecule has 1 heterocycles. The first kappa shape index (κ1) is 24.0. The minimum atomic E-state index is -0.569. The topological polar surface area (TPSA) is 102 Å². The molecule has 0 radical (unpaired) electrons. The fraction of sp³-hybridized carbons (Fsp3) is 0.154. The van der Waals surface area contributed by atoms with Gasteiger partial charge in [-0.25, -0.2) is 4.98 Å². The second-order valence-electron chi connectivity index (χ2n) is 7.71. The summed E-state index contributed by atoms with van der Waals surface area (Å²) in [4.78, 5) is 29.6. The molecule has 0 fully saturated rings. The number of benzene rings is 3. The first-order valence-electron chi connectivity index (χ1n) is 11.1. The van der Waals surface area contributed by atoms with Crippen molar-refractivity contribution in [3.8, 4) is 11.5 Å². The standard InChI is InChI=1S/C26H23ClN4O4/c1-3-30(4-2)20-10-7-18(8-11-20)26-29-22-16-19(9-13-24(22)35-26)28-25(32)14-6-17-5-12-21(27)23(15-17)31(33)34/h5-16H,3-4H2,1-2H3,(H,28,32)/b14-6+. The molecule has 1 amide bonds. The Morgan fingerprint density at radius 1 is 1.11 bits per heavy atom. The molecular weight excluding hydrogens is 468 g/mol. The normalized spacial score (nSPS) is 11.2. The van der Waals surface area contributed by atoms with Crippen LogP contribution in [0.1, 0.15) is 19.4 Å². The number of hydrogen-bond donors (Lipinski definition) is 1. The highest BCUT2D eigenvalue weighted by Crippen LogP contribution is 2.28. The number of oxazole rings is 1. The first-order valence-corrected chi connectivity index (χ1v) is 11.4. The van der Waals surface area contributed by atoms with Gasteiger partial charge >= 0.3 is 0 Å². The molecule has 0 aliphatic rings. The summed E-state index contributed by atoms with van der Waals surface area (Å²) in [6.45, 7) is 6.10. The van der Waals surface area contributed by atoms with Crippen LogP contribution in [0.25, 0.3) is 28.6 Å². The van der Waals surface area contributed by atoms with Gasteiger partial charge in [-0.15, -0.1) is 0 Å². The van der Waals surface area contributed by atoms with E-state index in [-0.39, 0.29) is 10.7 Å². The Bertz CT molecular complexity index is 1410. The van der Waals surface area contributed by atoms with Crippen LogP contribution < -0.4 is 10.2 Å². The second-order valence-corrected chi connectivity index (χ2v) is 8.12.